The molecule has 3 heteroatoms. The van der Waals surface area contributed by atoms with Crippen LogP contribution < -0.4 is 10.6 Å². The number of aryl methyl sites for hydroxylation is 2. The number of anilines is 2. The normalized spacial score (nSPS) is 10.6. The number of hydrogen-bond acceptors (Lipinski definition) is 3. The van der Waals surface area contributed by atoms with E-state index in [-0.39, 0.29) is 0 Å². The van der Waals surface area contributed by atoms with Gasteiger partial charge in [-0.2, -0.15) is 0 Å². The first-order chi connectivity index (χ1) is 9.52. The molecule has 2 aromatic rings. The summed E-state index contributed by atoms with van der Waals surface area (Å²) in [4.78, 5) is 6.71. The van der Waals surface area contributed by atoms with E-state index in [0.29, 0.717) is 0 Å². The van der Waals surface area contributed by atoms with Gasteiger partial charge in [-0.3, -0.25) is 4.98 Å². The monoisotopic (exact) mass is 269 g/mol. The van der Waals surface area contributed by atoms with E-state index in [1.165, 1.54) is 11.3 Å². The Morgan fingerprint density at radius 1 is 1.15 bits per heavy atom. The molecule has 0 bridgehead atoms. The van der Waals surface area contributed by atoms with E-state index in [1.54, 1.807) is 0 Å². The molecule has 0 aliphatic heterocycles. The van der Waals surface area contributed by atoms with Crippen molar-refractivity contribution in [2.45, 2.75) is 33.7 Å². The highest BCUT2D eigenvalue weighted by atomic mass is 15.1. The minimum atomic E-state index is 0.766. The van der Waals surface area contributed by atoms with Crippen LogP contribution in [-0.4, -0.2) is 12.0 Å². The highest BCUT2D eigenvalue weighted by Crippen LogP contribution is 2.21. The summed E-state index contributed by atoms with van der Waals surface area (Å²) in [6.07, 6.45) is 2.92. The van der Waals surface area contributed by atoms with Crippen molar-refractivity contribution in [1.29, 1.82) is 0 Å². The molecule has 3 nitrogen and oxygen atoms in total. The van der Waals surface area contributed by atoms with Crippen LogP contribution in [0, 0.1) is 13.8 Å². The van der Waals surface area contributed by atoms with E-state index in [4.69, 9.17) is 5.73 Å². The van der Waals surface area contributed by atoms with Crippen LogP contribution in [0.1, 0.15) is 29.3 Å². The van der Waals surface area contributed by atoms with E-state index in [2.05, 4.69) is 48.1 Å². The number of nitrogens with two attached hydrogens (primary N) is 1. The quantitative estimate of drug-likeness (QED) is 0.924. The Morgan fingerprint density at radius 2 is 1.80 bits per heavy atom. The summed E-state index contributed by atoms with van der Waals surface area (Å²) in [5.41, 5.74) is 12.6. The maximum Gasteiger partial charge on any atom is 0.0646 e. The average molecular weight is 269 g/mol. The summed E-state index contributed by atoms with van der Waals surface area (Å²) in [6.45, 7) is 6.97. The lowest BCUT2D eigenvalue weighted by molar-refractivity contribution is 0.872. The van der Waals surface area contributed by atoms with Crippen molar-refractivity contribution >= 4 is 11.4 Å². The first-order valence-corrected chi connectivity index (χ1v) is 7.03. The lowest BCUT2D eigenvalue weighted by atomic mass is 10.1. The molecule has 0 aliphatic rings. The Hall–Kier alpha value is -2.03. The molecule has 2 N–H and O–H groups in total. The van der Waals surface area contributed by atoms with Gasteiger partial charge in [-0.05, 0) is 49.1 Å². The smallest absolute Gasteiger partial charge is 0.0646 e. The molecule has 106 valence electrons. The summed E-state index contributed by atoms with van der Waals surface area (Å²) in [6, 6.07) is 8.67. The highest BCUT2D eigenvalue weighted by molar-refractivity contribution is 5.54. The van der Waals surface area contributed by atoms with Crippen molar-refractivity contribution in [3.05, 3.63) is 52.8 Å². The minimum Gasteiger partial charge on any atom is -0.398 e. The third-order valence-corrected chi connectivity index (χ3v) is 3.85. The van der Waals surface area contributed by atoms with Crippen LogP contribution in [0.25, 0.3) is 0 Å². The maximum atomic E-state index is 6.08. The van der Waals surface area contributed by atoms with Gasteiger partial charge in [0.2, 0.25) is 0 Å². The Labute approximate surface area is 121 Å². The van der Waals surface area contributed by atoms with Crippen LogP contribution in [0.3, 0.4) is 0 Å². The van der Waals surface area contributed by atoms with E-state index < -0.39 is 0 Å². The number of hydrogen-bond donors (Lipinski definition) is 1. The van der Waals surface area contributed by atoms with Crippen LogP contribution in [0.2, 0.25) is 0 Å². The zero-order valence-corrected chi connectivity index (χ0v) is 12.8. The van der Waals surface area contributed by atoms with Gasteiger partial charge < -0.3 is 10.6 Å². The number of benzene rings is 1. The van der Waals surface area contributed by atoms with Gasteiger partial charge in [-0.25, -0.2) is 0 Å². The molecule has 0 aliphatic carbocycles. The summed E-state index contributed by atoms with van der Waals surface area (Å²) >= 11 is 0. The predicted molar refractivity (Wildman–Crippen MR) is 86.1 cm³/mol. The Morgan fingerprint density at radius 3 is 2.40 bits per heavy atom. The predicted octanol–water partition coefficient (Wildman–Crippen LogP) is 3.48. The number of nitrogen functional groups attached to an aromatic ring is 1. The third-order valence-electron chi connectivity index (χ3n) is 3.85. The average Bonchev–Trinajstić information content (AvgIpc) is 2.48. The molecular formula is C17H23N3. The first kappa shape index (κ1) is 14.4. The van der Waals surface area contributed by atoms with Crippen molar-refractivity contribution in [1.82, 2.24) is 4.98 Å². The molecule has 0 atom stereocenters. The molecule has 0 saturated carbocycles. The van der Waals surface area contributed by atoms with Gasteiger partial charge in [0.25, 0.3) is 0 Å². The molecular weight excluding hydrogens is 246 g/mol. The zero-order valence-electron chi connectivity index (χ0n) is 12.8. The van der Waals surface area contributed by atoms with Crippen molar-refractivity contribution in [3.63, 3.8) is 0 Å². The highest BCUT2D eigenvalue weighted by Gasteiger charge is 2.09. The molecule has 2 rings (SSSR count). The SMILES string of the molecule is CCc1ccc(N(C)Cc2ncc(C)c(N)c2C)cc1. The molecule has 1 aromatic carbocycles. The molecule has 0 saturated heterocycles. The van der Waals surface area contributed by atoms with Crippen molar-refractivity contribution < 1.29 is 0 Å². The van der Waals surface area contributed by atoms with Crippen LogP contribution in [0.5, 0.6) is 0 Å². The number of pyridine rings is 1. The standard InChI is InChI=1S/C17H23N3/c1-5-14-6-8-15(9-7-14)20(4)11-16-13(3)17(18)12(2)10-19-16/h6-10H,5,11H2,1-4H3,(H2,18,19). The molecule has 0 radical (unpaired) electrons. The van der Waals surface area contributed by atoms with Crippen LogP contribution >= 0.6 is 0 Å². The van der Waals surface area contributed by atoms with Gasteiger partial charge in [-0.1, -0.05) is 19.1 Å². The van der Waals surface area contributed by atoms with E-state index >= 15 is 0 Å². The van der Waals surface area contributed by atoms with Gasteiger partial charge in [0, 0.05) is 24.6 Å². The first-order valence-electron chi connectivity index (χ1n) is 7.03. The summed E-state index contributed by atoms with van der Waals surface area (Å²) in [5.74, 6) is 0. The minimum absolute atomic E-state index is 0.766. The van der Waals surface area contributed by atoms with Crippen molar-refractivity contribution in [2.75, 3.05) is 17.7 Å². The fourth-order valence-electron chi connectivity index (χ4n) is 2.25. The van der Waals surface area contributed by atoms with Crippen molar-refractivity contribution in [3.8, 4) is 0 Å². The Bertz CT molecular complexity index is 588. The third kappa shape index (κ3) is 2.93. The second kappa shape index (κ2) is 5.95. The Kier molecular flexibility index (Phi) is 4.28. The molecule has 0 amide bonds. The fraction of sp³-hybridized carbons (Fsp3) is 0.353. The topological polar surface area (TPSA) is 42.2 Å². The van der Waals surface area contributed by atoms with Gasteiger partial charge in [0.15, 0.2) is 0 Å². The summed E-state index contributed by atoms with van der Waals surface area (Å²) in [7, 11) is 2.08. The zero-order chi connectivity index (χ0) is 14.7. The number of aromatic nitrogens is 1. The van der Waals surface area contributed by atoms with Gasteiger partial charge in [0.1, 0.15) is 0 Å². The van der Waals surface area contributed by atoms with Crippen LogP contribution in [0.4, 0.5) is 11.4 Å². The maximum absolute atomic E-state index is 6.08. The van der Waals surface area contributed by atoms with Gasteiger partial charge in [0.05, 0.1) is 12.2 Å². The largest absolute Gasteiger partial charge is 0.398 e. The molecule has 0 fully saturated rings. The van der Waals surface area contributed by atoms with Gasteiger partial charge in [-0.15, -0.1) is 0 Å². The number of rotatable bonds is 4. The number of nitrogens with zero attached hydrogens (tertiary/aromatic N) is 2. The molecule has 0 unspecified atom stereocenters. The summed E-state index contributed by atoms with van der Waals surface area (Å²) < 4.78 is 0. The fourth-order valence-corrected chi connectivity index (χ4v) is 2.25. The van der Waals surface area contributed by atoms with Crippen LogP contribution in [-0.2, 0) is 13.0 Å². The summed E-state index contributed by atoms with van der Waals surface area (Å²) in [5, 5.41) is 0. The van der Waals surface area contributed by atoms with Crippen LogP contribution in [0.15, 0.2) is 30.5 Å². The van der Waals surface area contributed by atoms with Crippen molar-refractivity contribution in [2.24, 2.45) is 0 Å². The van der Waals surface area contributed by atoms with Gasteiger partial charge >= 0.3 is 0 Å². The van der Waals surface area contributed by atoms with E-state index in [9.17, 15) is 0 Å². The van der Waals surface area contributed by atoms with E-state index in [1.807, 2.05) is 20.0 Å². The molecule has 1 heterocycles. The lowest BCUT2D eigenvalue weighted by Gasteiger charge is -2.21. The Balaban J connectivity index is 2.18. The molecule has 0 spiro atoms. The van der Waals surface area contributed by atoms with E-state index in [0.717, 1.165) is 35.5 Å². The second-order valence-corrected chi connectivity index (χ2v) is 5.30. The lowest BCUT2D eigenvalue weighted by Crippen LogP contribution is -2.18. The molecule has 1 aromatic heterocycles. The second-order valence-electron chi connectivity index (χ2n) is 5.30. The molecule has 20 heavy (non-hydrogen) atoms.